The molecule has 0 aliphatic rings. The van der Waals surface area contributed by atoms with Gasteiger partial charge in [0.15, 0.2) is 0 Å². The molecule has 0 heterocycles. The Morgan fingerprint density at radius 3 is 1.42 bits per heavy atom. The average molecular weight is 342 g/mol. The second-order valence-corrected chi connectivity index (χ2v) is 8.42. The molecular formula is C6H17O10P3. The van der Waals surface area contributed by atoms with Crippen LogP contribution in [0, 0.1) is 0 Å². The zero-order valence-corrected chi connectivity index (χ0v) is 13.4. The summed E-state index contributed by atoms with van der Waals surface area (Å²) >= 11 is 0. The van der Waals surface area contributed by atoms with Crippen molar-refractivity contribution >= 4 is 23.5 Å². The SMILES string of the molecule is CC(C)OP(=O)(OC(C)C)OP(=O)(O)OP(=O)(O)O. The van der Waals surface area contributed by atoms with Crippen molar-refractivity contribution in [3.63, 3.8) is 0 Å². The third-order valence-corrected chi connectivity index (χ3v) is 5.75. The van der Waals surface area contributed by atoms with Gasteiger partial charge in [-0.25, -0.2) is 13.7 Å². The lowest BCUT2D eigenvalue weighted by Gasteiger charge is -2.23. The minimum Gasteiger partial charge on any atom is -0.302 e. The maximum absolute atomic E-state index is 12.0. The van der Waals surface area contributed by atoms with Gasteiger partial charge >= 0.3 is 23.5 Å². The number of phosphoric ester groups is 1. The molecule has 10 nitrogen and oxygen atoms in total. The quantitative estimate of drug-likeness (QED) is 0.560. The first kappa shape index (κ1) is 19.4. The van der Waals surface area contributed by atoms with Crippen LogP contribution < -0.4 is 0 Å². The predicted octanol–water partition coefficient (Wildman–Crippen LogP) is 2.17. The standard InChI is InChI=1S/C6H17O10P3/c1-5(2)13-19(12,14-6(3)4)16-18(10,11)15-17(7,8)9/h5-6H,1-4H3,(H,10,11)(H2,7,8,9). The van der Waals surface area contributed by atoms with Gasteiger partial charge in [0.2, 0.25) is 0 Å². The van der Waals surface area contributed by atoms with Crippen molar-refractivity contribution in [2.24, 2.45) is 0 Å². The molecule has 116 valence electrons. The summed E-state index contributed by atoms with van der Waals surface area (Å²) in [6.07, 6.45) is -1.39. The van der Waals surface area contributed by atoms with Crippen molar-refractivity contribution in [3.05, 3.63) is 0 Å². The molecule has 0 saturated carbocycles. The highest BCUT2D eigenvalue weighted by Gasteiger charge is 2.43. The average Bonchev–Trinajstić information content (AvgIpc) is 1.89. The first-order valence-corrected chi connectivity index (χ1v) is 9.51. The smallest absolute Gasteiger partial charge is 0.302 e. The highest BCUT2D eigenvalue weighted by atomic mass is 31.3. The fourth-order valence-corrected chi connectivity index (χ4v) is 4.72. The molecule has 0 aromatic carbocycles. The molecule has 0 rings (SSSR count). The zero-order valence-electron chi connectivity index (χ0n) is 10.7. The van der Waals surface area contributed by atoms with E-state index in [4.69, 9.17) is 23.7 Å². The van der Waals surface area contributed by atoms with Gasteiger partial charge in [0.05, 0.1) is 12.2 Å². The Balaban J connectivity index is 5.06. The molecule has 1 atom stereocenters. The molecule has 13 heteroatoms. The van der Waals surface area contributed by atoms with E-state index in [0.29, 0.717) is 0 Å². The van der Waals surface area contributed by atoms with Crippen LogP contribution in [0.1, 0.15) is 27.7 Å². The first-order valence-electron chi connectivity index (χ1n) is 5.02. The minimum atomic E-state index is -5.32. The van der Waals surface area contributed by atoms with Gasteiger partial charge in [-0.05, 0) is 27.7 Å². The molecule has 0 aromatic rings. The molecule has 0 aliphatic carbocycles. The number of hydrogen-bond donors (Lipinski definition) is 3. The first-order chi connectivity index (χ1) is 8.25. The van der Waals surface area contributed by atoms with Gasteiger partial charge in [-0.15, -0.1) is 0 Å². The Morgan fingerprint density at radius 1 is 0.789 bits per heavy atom. The van der Waals surface area contributed by atoms with Crippen molar-refractivity contribution in [1.29, 1.82) is 0 Å². The molecule has 1 unspecified atom stereocenters. The molecular weight excluding hydrogens is 325 g/mol. The Bertz CT molecular complexity index is 411. The normalized spacial score (nSPS) is 16.9. The van der Waals surface area contributed by atoms with E-state index in [1.54, 1.807) is 0 Å². The van der Waals surface area contributed by atoms with Gasteiger partial charge in [0.25, 0.3) is 0 Å². The van der Waals surface area contributed by atoms with E-state index >= 15 is 0 Å². The van der Waals surface area contributed by atoms with E-state index in [1.807, 2.05) is 0 Å². The molecule has 0 spiro atoms. The second kappa shape index (κ2) is 6.91. The van der Waals surface area contributed by atoms with E-state index in [1.165, 1.54) is 27.7 Å². The fourth-order valence-electron chi connectivity index (χ4n) is 0.855. The van der Waals surface area contributed by atoms with Gasteiger partial charge in [-0.3, -0.25) is 9.05 Å². The van der Waals surface area contributed by atoms with Crippen LogP contribution in [0.5, 0.6) is 0 Å². The lowest BCUT2D eigenvalue weighted by atomic mass is 10.5. The highest BCUT2D eigenvalue weighted by Crippen LogP contribution is 2.68. The topological polar surface area (TPSA) is 149 Å². The Hall–Kier alpha value is 0.410. The molecule has 0 saturated heterocycles. The lowest BCUT2D eigenvalue weighted by molar-refractivity contribution is 0.0940. The summed E-state index contributed by atoms with van der Waals surface area (Å²) in [7, 11) is -15.2. The summed E-state index contributed by atoms with van der Waals surface area (Å²) in [5, 5.41) is 0. The monoisotopic (exact) mass is 342 g/mol. The van der Waals surface area contributed by atoms with Crippen LogP contribution in [0.2, 0.25) is 0 Å². The van der Waals surface area contributed by atoms with Gasteiger partial charge in [-0.1, -0.05) is 0 Å². The minimum absolute atomic E-state index is 0.695. The summed E-state index contributed by atoms with van der Waals surface area (Å²) < 4.78 is 50.9. The molecule has 19 heavy (non-hydrogen) atoms. The van der Waals surface area contributed by atoms with Crippen molar-refractivity contribution in [1.82, 2.24) is 0 Å². The molecule has 0 amide bonds. The number of rotatable bonds is 8. The third kappa shape index (κ3) is 9.87. The number of phosphoric acid groups is 3. The fraction of sp³-hybridized carbons (Fsp3) is 1.00. The lowest BCUT2D eigenvalue weighted by Crippen LogP contribution is -2.09. The van der Waals surface area contributed by atoms with Crippen molar-refractivity contribution in [3.8, 4) is 0 Å². The van der Waals surface area contributed by atoms with Crippen molar-refractivity contribution in [2.75, 3.05) is 0 Å². The molecule has 0 aliphatic heterocycles. The Labute approximate surface area is 110 Å². The molecule has 0 fully saturated rings. The summed E-state index contributed by atoms with van der Waals surface area (Å²) in [5.41, 5.74) is 0. The largest absolute Gasteiger partial charge is 0.490 e. The highest BCUT2D eigenvalue weighted by molar-refractivity contribution is 7.66. The van der Waals surface area contributed by atoms with Crippen LogP contribution in [0.15, 0.2) is 0 Å². The van der Waals surface area contributed by atoms with Gasteiger partial charge < -0.3 is 14.7 Å². The molecule has 0 radical (unpaired) electrons. The van der Waals surface area contributed by atoms with Crippen LogP contribution in [-0.2, 0) is 31.4 Å². The Morgan fingerprint density at radius 2 is 1.16 bits per heavy atom. The van der Waals surface area contributed by atoms with E-state index in [2.05, 4.69) is 8.62 Å². The Kier molecular flexibility index (Phi) is 7.06. The second-order valence-electron chi connectivity index (χ2n) is 3.88. The van der Waals surface area contributed by atoms with Gasteiger partial charge in [0, 0.05) is 0 Å². The summed E-state index contributed by atoms with van der Waals surface area (Å²) in [6.45, 7) is 5.80. The maximum Gasteiger partial charge on any atom is 0.490 e. The van der Waals surface area contributed by atoms with Gasteiger partial charge in [0.1, 0.15) is 0 Å². The van der Waals surface area contributed by atoms with Crippen LogP contribution in [0.4, 0.5) is 0 Å². The molecule has 3 N–H and O–H groups in total. The van der Waals surface area contributed by atoms with E-state index < -0.39 is 35.7 Å². The predicted molar refractivity (Wildman–Crippen MR) is 64.1 cm³/mol. The van der Waals surface area contributed by atoms with Gasteiger partial charge in [-0.2, -0.15) is 8.62 Å². The van der Waals surface area contributed by atoms with E-state index in [-0.39, 0.29) is 0 Å². The van der Waals surface area contributed by atoms with E-state index in [0.717, 1.165) is 0 Å². The van der Waals surface area contributed by atoms with Crippen LogP contribution in [0.25, 0.3) is 0 Å². The molecule has 0 aromatic heterocycles. The van der Waals surface area contributed by atoms with E-state index in [9.17, 15) is 13.7 Å². The van der Waals surface area contributed by atoms with Crippen molar-refractivity contribution < 1.29 is 46.0 Å². The van der Waals surface area contributed by atoms with Crippen LogP contribution in [-0.4, -0.2) is 26.9 Å². The summed E-state index contributed by atoms with van der Waals surface area (Å²) in [5.74, 6) is 0. The van der Waals surface area contributed by atoms with Crippen LogP contribution in [0.3, 0.4) is 0 Å². The third-order valence-electron chi connectivity index (χ3n) is 1.09. The maximum atomic E-state index is 12.0. The summed E-state index contributed by atoms with van der Waals surface area (Å²) in [6, 6.07) is 0. The van der Waals surface area contributed by atoms with Crippen molar-refractivity contribution in [2.45, 2.75) is 39.9 Å². The number of hydrogen-bond acceptors (Lipinski definition) is 7. The molecule has 0 bridgehead atoms. The summed E-state index contributed by atoms with van der Waals surface area (Å²) in [4.78, 5) is 25.9. The zero-order chi connectivity index (χ0) is 15.5. The van der Waals surface area contributed by atoms with Crippen LogP contribution >= 0.6 is 23.5 Å².